The molecular formula is C25H34N2O4. The molecule has 1 aromatic carbocycles. The molecular weight excluding hydrogens is 392 g/mol. The van der Waals surface area contributed by atoms with Crippen LogP contribution in [0.1, 0.15) is 69.4 Å². The van der Waals surface area contributed by atoms with Crippen LogP contribution in [-0.2, 0) is 19.3 Å². The summed E-state index contributed by atoms with van der Waals surface area (Å²) in [5.74, 6) is 1.97. The first-order valence-electron chi connectivity index (χ1n) is 12.2. The van der Waals surface area contributed by atoms with E-state index in [0.29, 0.717) is 24.3 Å². The number of amides is 1. The summed E-state index contributed by atoms with van der Waals surface area (Å²) in [6.45, 7) is 0.649. The minimum Gasteiger partial charge on any atom is -0.354 e. The van der Waals surface area contributed by atoms with E-state index in [4.69, 9.17) is 20.2 Å². The van der Waals surface area contributed by atoms with Crippen LogP contribution in [0.25, 0.3) is 0 Å². The van der Waals surface area contributed by atoms with Crippen molar-refractivity contribution < 1.29 is 19.3 Å². The normalized spacial score (nSPS) is 44.1. The van der Waals surface area contributed by atoms with Crippen LogP contribution in [-0.4, -0.2) is 24.0 Å². The fourth-order valence-electron chi connectivity index (χ4n) is 7.28. The number of carbonyl (C=O) groups excluding carboxylic acids is 1. The highest BCUT2D eigenvalue weighted by atomic mass is 17.3. The average molecular weight is 427 g/mol. The molecule has 5 saturated carbocycles. The van der Waals surface area contributed by atoms with Crippen LogP contribution in [0.4, 0.5) is 0 Å². The van der Waals surface area contributed by atoms with Crippen molar-refractivity contribution in [2.75, 3.05) is 6.54 Å². The zero-order valence-electron chi connectivity index (χ0n) is 18.1. The minimum absolute atomic E-state index is 0.115. The molecule has 1 aliphatic heterocycles. The highest BCUT2D eigenvalue weighted by molar-refractivity contribution is 5.82. The molecule has 31 heavy (non-hydrogen) atoms. The second-order valence-corrected chi connectivity index (χ2v) is 10.8. The molecule has 7 rings (SSSR count). The average Bonchev–Trinajstić information content (AvgIpc) is 3.16. The number of benzene rings is 1. The minimum atomic E-state index is -0.622. The summed E-state index contributed by atoms with van der Waals surface area (Å²) in [5, 5.41) is 3.05. The number of carbonyl (C=O) groups is 1. The monoisotopic (exact) mass is 426 g/mol. The van der Waals surface area contributed by atoms with Crippen LogP contribution in [0.2, 0.25) is 0 Å². The van der Waals surface area contributed by atoms with Crippen molar-refractivity contribution in [1.82, 2.24) is 5.32 Å². The maximum Gasteiger partial charge on any atom is 0.241 e. The lowest BCUT2D eigenvalue weighted by molar-refractivity contribution is -0.390. The first kappa shape index (κ1) is 20.2. The zero-order chi connectivity index (χ0) is 21.1. The van der Waals surface area contributed by atoms with Crippen molar-refractivity contribution in [2.24, 2.45) is 35.3 Å². The third-order valence-corrected chi connectivity index (χ3v) is 8.82. The molecule has 5 aliphatic carbocycles. The highest BCUT2D eigenvalue weighted by Crippen LogP contribution is 2.63. The number of hydrogen-bond acceptors (Lipinski definition) is 5. The van der Waals surface area contributed by atoms with Gasteiger partial charge in [-0.2, -0.15) is 9.78 Å². The van der Waals surface area contributed by atoms with E-state index in [1.165, 1.54) is 32.1 Å². The molecule has 1 saturated heterocycles. The molecule has 2 spiro atoms. The standard InChI is InChI=1S/C25H34N2O4/c26-22(19-4-2-1-3-5-19)23(28)27-15-16-6-8-24(9-7-16)29-25(31-30-24)20-11-17-10-18(13-20)14-21(25)12-17/h1-5,16-18,20-22H,6-15,26H2,(H,27,28)/t16?,17?,18?,20?,21?,22-,24?,25?/m1/s1. The molecule has 0 radical (unpaired) electrons. The summed E-state index contributed by atoms with van der Waals surface area (Å²) in [5.41, 5.74) is 6.96. The second-order valence-electron chi connectivity index (χ2n) is 10.8. The van der Waals surface area contributed by atoms with E-state index in [1.807, 2.05) is 30.3 Å². The summed E-state index contributed by atoms with van der Waals surface area (Å²) < 4.78 is 6.77. The van der Waals surface area contributed by atoms with Gasteiger partial charge in [0, 0.05) is 31.2 Å². The van der Waals surface area contributed by atoms with Crippen molar-refractivity contribution in [3.8, 4) is 0 Å². The molecule has 6 heteroatoms. The molecule has 6 nitrogen and oxygen atoms in total. The molecule has 6 fully saturated rings. The molecule has 168 valence electrons. The first-order chi connectivity index (χ1) is 15.1. The highest BCUT2D eigenvalue weighted by Gasteiger charge is 2.66. The molecule has 6 aliphatic rings. The van der Waals surface area contributed by atoms with Gasteiger partial charge in [0.15, 0.2) is 0 Å². The maximum absolute atomic E-state index is 12.5. The molecule has 4 bridgehead atoms. The van der Waals surface area contributed by atoms with Gasteiger partial charge in [-0.3, -0.25) is 4.79 Å². The third kappa shape index (κ3) is 3.43. The van der Waals surface area contributed by atoms with Crippen molar-refractivity contribution >= 4 is 5.91 Å². The fourth-order valence-corrected chi connectivity index (χ4v) is 7.28. The Morgan fingerprint density at radius 3 is 2.29 bits per heavy atom. The van der Waals surface area contributed by atoms with Gasteiger partial charge in [0.1, 0.15) is 6.04 Å². The van der Waals surface area contributed by atoms with Gasteiger partial charge in [0.25, 0.3) is 0 Å². The van der Waals surface area contributed by atoms with E-state index in [0.717, 1.165) is 43.1 Å². The van der Waals surface area contributed by atoms with Crippen LogP contribution in [0.15, 0.2) is 30.3 Å². The largest absolute Gasteiger partial charge is 0.354 e. The van der Waals surface area contributed by atoms with E-state index >= 15 is 0 Å². The van der Waals surface area contributed by atoms with Crippen LogP contribution in [0.3, 0.4) is 0 Å². The van der Waals surface area contributed by atoms with Crippen molar-refractivity contribution in [3.63, 3.8) is 0 Å². The van der Waals surface area contributed by atoms with Crippen LogP contribution in [0.5, 0.6) is 0 Å². The lowest BCUT2D eigenvalue weighted by atomic mass is 9.53. The SMILES string of the molecule is N[C@@H](C(=O)NCC1CCC2(CC1)OOC1(O2)C2CC3CC(C2)CC1C3)c1ccccc1. The van der Waals surface area contributed by atoms with Crippen LogP contribution < -0.4 is 11.1 Å². The Morgan fingerprint density at radius 2 is 1.65 bits per heavy atom. The van der Waals surface area contributed by atoms with Crippen molar-refractivity contribution in [3.05, 3.63) is 35.9 Å². The van der Waals surface area contributed by atoms with E-state index in [2.05, 4.69) is 5.32 Å². The third-order valence-electron chi connectivity index (χ3n) is 8.82. The van der Waals surface area contributed by atoms with Crippen LogP contribution in [0, 0.1) is 29.6 Å². The maximum atomic E-state index is 12.5. The quantitative estimate of drug-likeness (QED) is 0.715. The van der Waals surface area contributed by atoms with Gasteiger partial charge in [-0.15, -0.1) is 0 Å². The number of nitrogens with two attached hydrogens (primary N) is 1. The summed E-state index contributed by atoms with van der Waals surface area (Å²) in [7, 11) is 0. The van der Waals surface area contributed by atoms with E-state index in [-0.39, 0.29) is 5.91 Å². The molecule has 1 heterocycles. The Bertz CT molecular complexity index is 792. The zero-order valence-corrected chi connectivity index (χ0v) is 18.1. The number of ether oxygens (including phenoxy) is 1. The summed E-state index contributed by atoms with van der Waals surface area (Å²) in [6, 6.07) is 8.90. The van der Waals surface area contributed by atoms with Crippen molar-refractivity contribution in [2.45, 2.75) is 75.4 Å². The summed E-state index contributed by atoms with van der Waals surface area (Å²) >= 11 is 0. The Hall–Kier alpha value is -1.47. The van der Waals surface area contributed by atoms with Gasteiger partial charge in [0.2, 0.25) is 17.5 Å². The lowest BCUT2D eigenvalue weighted by Crippen LogP contribution is -2.59. The van der Waals surface area contributed by atoms with Gasteiger partial charge in [-0.1, -0.05) is 30.3 Å². The van der Waals surface area contributed by atoms with Crippen molar-refractivity contribution in [1.29, 1.82) is 0 Å². The number of rotatable bonds is 4. The Labute approximate surface area is 184 Å². The van der Waals surface area contributed by atoms with E-state index in [1.54, 1.807) is 0 Å². The van der Waals surface area contributed by atoms with Gasteiger partial charge < -0.3 is 15.8 Å². The van der Waals surface area contributed by atoms with Gasteiger partial charge in [-0.25, -0.2) is 0 Å². The molecule has 1 atom stereocenters. The Balaban J connectivity index is 1.03. The van der Waals surface area contributed by atoms with E-state index < -0.39 is 17.6 Å². The van der Waals surface area contributed by atoms with Gasteiger partial charge in [0.05, 0.1) is 0 Å². The second kappa shape index (κ2) is 7.55. The molecule has 0 aromatic heterocycles. The summed E-state index contributed by atoms with van der Waals surface area (Å²) in [6.07, 6.45) is 9.94. The van der Waals surface area contributed by atoms with Crippen LogP contribution >= 0.6 is 0 Å². The first-order valence-corrected chi connectivity index (χ1v) is 12.2. The molecule has 1 amide bonds. The molecule has 0 unspecified atom stereocenters. The Morgan fingerprint density at radius 1 is 1.00 bits per heavy atom. The number of nitrogens with one attached hydrogen (secondary N) is 1. The predicted octanol–water partition coefficient (Wildman–Crippen LogP) is 3.82. The van der Waals surface area contributed by atoms with Gasteiger partial charge in [-0.05, 0) is 68.3 Å². The summed E-state index contributed by atoms with van der Waals surface area (Å²) in [4.78, 5) is 24.6. The lowest BCUT2D eigenvalue weighted by Gasteiger charge is -2.57. The smallest absolute Gasteiger partial charge is 0.241 e. The fraction of sp³-hybridized carbons (Fsp3) is 0.720. The molecule has 3 N–H and O–H groups in total. The Kier molecular flexibility index (Phi) is 4.91. The predicted molar refractivity (Wildman–Crippen MR) is 114 cm³/mol. The van der Waals surface area contributed by atoms with E-state index in [9.17, 15) is 4.79 Å². The topological polar surface area (TPSA) is 82.8 Å². The molecule has 1 aromatic rings. The van der Waals surface area contributed by atoms with Gasteiger partial charge >= 0.3 is 0 Å². The number of hydrogen-bond donors (Lipinski definition) is 2.